The topological polar surface area (TPSA) is 65.5 Å². The molecule has 0 saturated carbocycles. The largest absolute Gasteiger partial charge is 0.344 e. The summed E-state index contributed by atoms with van der Waals surface area (Å²) in [5.74, 6) is -0.493. The maximum Gasteiger partial charge on any atom is 0.274 e. The van der Waals surface area contributed by atoms with E-state index < -0.39 is 12.6 Å². The number of carbonyl (C=O) groups is 1. The van der Waals surface area contributed by atoms with Crippen LogP contribution in [0.25, 0.3) is 11.3 Å². The Labute approximate surface area is 166 Å². The number of nitrogens with zero attached hydrogens (tertiary/aromatic N) is 2. The van der Waals surface area contributed by atoms with Crippen molar-refractivity contribution in [1.82, 2.24) is 10.5 Å². The molecule has 144 valence electrons. The van der Waals surface area contributed by atoms with Crippen molar-refractivity contribution in [1.29, 1.82) is 0 Å². The zero-order valence-corrected chi connectivity index (χ0v) is 16.0. The van der Waals surface area contributed by atoms with Gasteiger partial charge in [0.15, 0.2) is 5.13 Å². The van der Waals surface area contributed by atoms with E-state index in [0.717, 1.165) is 53.4 Å². The summed E-state index contributed by atoms with van der Waals surface area (Å²) in [5.41, 5.74) is 6.98. The first-order chi connectivity index (χ1) is 13.7. The normalized spacial score (nSPS) is 13.7. The molecule has 0 aliphatic carbocycles. The highest BCUT2D eigenvalue weighted by Crippen LogP contribution is 2.31. The summed E-state index contributed by atoms with van der Waals surface area (Å²) in [5, 5.41) is 11.8. The molecule has 0 unspecified atom stereocenters. The lowest BCUT2D eigenvalue weighted by Crippen LogP contribution is -2.22. The summed E-state index contributed by atoms with van der Waals surface area (Å²) in [6.45, 7) is 1.14. The fraction of sp³-hybridized carbons (Fsp3) is 0.238. The molecule has 0 atom stereocenters. The Morgan fingerprint density at radius 3 is 2.79 bits per heavy atom. The molecule has 2 heterocycles. The number of thiazole rings is 1. The van der Waals surface area contributed by atoms with E-state index in [-0.39, 0.29) is 0 Å². The van der Waals surface area contributed by atoms with Gasteiger partial charge < -0.3 is 4.90 Å². The Balaban J connectivity index is 1.55. The van der Waals surface area contributed by atoms with Gasteiger partial charge in [0, 0.05) is 29.6 Å². The zero-order valence-electron chi connectivity index (χ0n) is 15.2. The van der Waals surface area contributed by atoms with Crippen LogP contribution in [0.1, 0.15) is 33.5 Å². The van der Waals surface area contributed by atoms with Crippen LogP contribution in [-0.2, 0) is 19.6 Å². The number of hydrogen-bond acceptors (Lipinski definition) is 5. The molecule has 1 aromatic heterocycles. The first kappa shape index (κ1) is 18.6. The summed E-state index contributed by atoms with van der Waals surface area (Å²) in [7, 11) is 0. The Morgan fingerprint density at radius 2 is 2.04 bits per heavy atom. The van der Waals surface area contributed by atoms with Crippen molar-refractivity contribution in [3.05, 3.63) is 70.1 Å². The number of hydroxylamine groups is 1. The van der Waals surface area contributed by atoms with Gasteiger partial charge >= 0.3 is 0 Å². The number of fused-ring (bicyclic) bond motifs is 1. The highest BCUT2D eigenvalue weighted by molar-refractivity contribution is 7.14. The maximum absolute atomic E-state index is 12.7. The van der Waals surface area contributed by atoms with Gasteiger partial charge in [-0.3, -0.25) is 10.0 Å². The van der Waals surface area contributed by atoms with Gasteiger partial charge in [0.25, 0.3) is 5.91 Å². The van der Waals surface area contributed by atoms with Crippen molar-refractivity contribution < 1.29 is 14.4 Å². The molecule has 1 aliphatic rings. The number of alkyl halides is 1. The number of benzene rings is 2. The van der Waals surface area contributed by atoms with Gasteiger partial charge in [-0.1, -0.05) is 30.3 Å². The number of anilines is 1. The SMILES string of the molecule is O=C(NO)c1ccc2c(c1)CCCN(c1nc(-c3ccc(CF)cc3)cs1)C2. The summed E-state index contributed by atoms with van der Waals surface area (Å²) >= 11 is 1.60. The van der Waals surface area contributed by atoms with Gasteiger partial charge in [-0.05, 0) is 41.7 Å². The quantitative estimate of drug-likeness (QED) is 0.507. The molecule has 2 N–H and O–H groups in total. The average molecular weight is 397 g/mol. The highest BCUT2D eigenvalue weighted by atomic mass is 32.1. The number of nitrogens with one attached hydrogen (secondary N) is 1. The van der Waals surface area contributed by atoms with E-state index in [1.165, 1.54) is 0 Å². The minimum Gasteiger partial charge on any atom is -0.344 e. The smallest absolute Gasteiger partial charge is 0.274 e. The van der Waals surface area contributed by atoms with Gasteiger partial charge in [-0.15, -0.1) is 11.3 Å². The van der Waals surface area contributed by atoms with Crippen LogP contribution in [0.4, 0.5) is 9.52 Å². The van der Waals surface area contributed by atoms with E-state index >= 15 is 0 Å². The third-order valence-corrected chi connectivity index (χ3v) is 5.87. The zero-order chi connectivity index (χ0) is 19.5. The summed E-state index contributed by atoms with van der Waals surface area (Å²) < 4.78 is 12.7. The summed E-state index contributed by atoms with van der Waals surface area (Å²) in [6.07, 6.45) is 1.83. The highest BCUT2D eigenvalue weighted by Gasteiger charge is 2.19. The lowest BCUT2D eigenvalue weighted by Gasteiger charge is -2.19. The third-order valence-electron chi connectivity index (χ3n) is 4.97. The first-order valence-corrected chi connectivity index (χ1v) is 9.98. The number of hydrogen-bond donors (Lipinski definition) is 2. The predicted octanol–water partition coefficient (Wildman–Crippen LogP) is 4.35. The molecule has 1 amide bonds. The van der Waals surface area contributed by atoms with Crippen LogP contribution in [0.5, 0.6) is 0 Å². The number of halogens is 1. The van der Waals surface area contributed by atoms with E-state index in [2.05, 4.69) is 4.90 Å². The molecule has 0 radical (unpaired) electrons. The van der Waals surface area contributed by atoms with Crippen molar-refractivity contribution in [3.8, 4) is 11.3 Å². The lowest BCUT2D eigenvalue weighted by atomic mass is 10.0. The number of rotatable bonds is 4. The van der Waals surface area contributed by atoms with Crippen LogP contribution in [0, 0.1) is 0 Å². The summed E-state index contributed by atoms with van der Waals surface area (Å²) in [4.78, 5) is 18.7. The predicted molar refractivity (Wildman–Crippen MR) is 107 cm³/mol. The second-order valence-electron chi connectivity index (χ2n) is 6.80. The van der Waals surface area contributed by atoms with Crippen LogP contribution in [-0.4, -0.2) is 22.6 Å². The molecule has 5 nitrogen and oxygen atoms in total. The van der Waals surface area contributed by atoms with E-state index in [4.69, 9.17) is 10.2 Å². The Morgan fingerprint density at radius 1 is 1.21 bits per heavy atom. The molecular weight excluding hydrogens is 377 g/mol. The van der Waals surface area contributed by atoms with E-state index in [1.807, 2.05) is 29.6 Å². The molecule has 0 spiro atoms. The van der Waals surface area contributed by atoms with Gasteiger partial charge in [0.2, 0.25) is 0 Å². The van der Waals surface area contributed by atoms with Crippen LogP contribution >= 0.6 is 11.3 Å². The van der Waals surface area contributed by atoms with E-state index in [1.54, 1.807) is 35.0 Å². The molecule has 28 heavy (non-hydrogen) atoms. The second kappa shape index (κ2) is 8.08. The number of carbonyl (C=O) groups excluding carboxylic acids is 1. The van der Waals surface area contributed by atoms with Gasteiger partial charge in [-0.2, -0.15) is 0 Å². The first-order valence-electron chi connectivity index (χ1n) is 9.10. The van der Waals surface area contributed by atoms with Crippen LogP contribution < -0.4 is 10.4 Å². The molecule has 3 aromatic rings. The average Bonchev–Trinajstić information content (AvgIpc) is 3.13. The number of aryl methyl sites for hydroxylation is 1. The Bertz CT molecular complexity index is 988. The molecule has 0 saturated heterocycles. The molecule has 1 aliphatic heterocycles. The van der Waals surface area contributed by atoms with Crippen LogP contribution in [0.15, 0.2) is 47.8 Å². The minimum absolute atomic E-state index is 0.461. The molecule has 2 aromatic carbocycles. The monoisotopic (exact) mass is 397 g/mol. The van der Waals surface area contributed by atoms with Gasteiger partial charge in [0.05, 0.1) is 5.69 Å². The molecule has 0 bridgehead atoms. The summed E-state index contributed by atoms with van der Waals surface area (Å²) in [6, 6.07) is 12.9. The van der Waals surface area contributed by atoms with E-state index in [0.29, 0.717) is 11.1 Å². The lowest BCUT2D eigenvalue weighted by molar-refractivity contribution is 0.0706. The Hall–Kier alpha value is -2.77. The van der Waals surface area contributed by atoms with Gasteiger partial charge in [0.1, 0.15) is 6.67 Å². The maximum atomic E-state index is 12.7. The molecule has 7 heteroatoms. The van der Waals surface area contributed by atoms with Crippen LogP contribution in [0.2, 0.25) is 0 Å². The van der Waals surface area contributed by atoms with Crippen molar-refractivity contribution in [2.45, 2.75) is 26.1 Å². The number of amides is 1. The minimum atomic E-state index is -0.493. The van der Waals surface area contributed by atoms with Crippen molar-refractivity contribution in [3.63, 3.8) is 0 Å². The van der Waals surface area contributed by atoms with E-state index in [9.17, 15) is 9.18 Å². The molecular formula is C21H20FN3O2S. The van der Waals surface area contributed by atoms with Crippen molar-refractivity contribution >= 4 is 22.4 Å². The third kappa shape index (κ3) is 3.76. The fourth-order valence-electron chi connectivity index (χ4n) is 3.43. The molecule has 0 fully saturated rings. The second-order valence-corrected chi connectivity index (χ2v) is 7.63. The fourth-order valence-corrected chi connectivity index (χ4v) is 4.30. The number of aromatic nitrogens is 1. The Kier molecular flexibility index (Phi) is 5.36. The van der Waals surface area contributed by atoms with Gasteiger partial charge in [-0.25, -0.2) is 14.9 Å². The van der Waals surface area contributed by atoms with Crippen molar-refractivity contribution in [2.24, 2.45) is 0 Å². The standard InChI is InChI=1S/C21H20FN3O2S/c22-11-14-3-5-15(6-4-14)19-13-28-21(23-19)25-9-1-2-16-10-17(20(26)24-27)7-8-18(16)12-25/h3-8,10,13,27H,1-2,9,11-12H2,(H,24,26). The molecule has 4 rings (SSSR count). The van der Waals surface area contributed by atoms with Crippen molar-refractivity contribution in [2.75, 3.05) is 11.4 Å². The van der Waals surface area contributed by atoms with Crippen LogP contribution in [0.3, 0.4) is 0 Å².